The molecule has 106 valence electrons. The molecular formula is C16H19NO2S. The van der Waals surface area contributed by atoms with Crippen LogP contribution < -0.4 is 0 Å². The molecule has 1 heterocycles. The van der Waals surface area contributed by atoms with E-state index in [1.54, 1.807) is 18.3 Å². The molecular weight excluding hydrogens is 270 g/mol. The van der Waals surface area contributed by atoms with E-state index in [0.717, 1.165) is 16.3 Å². The van der Waals surface area contributed by atoms with Gasteiger partial charge in [0.25, 0.3) is 0 Å². The molecule has 1 aromatic carbocycles. The Kier molecular flexibility index (Phi) is 4.55. The maximum atomic E-state index is 11.8. The van der Waals surface area contributed by atoms with Gasteiger partial charge in [-0.3, -0.25) is 0 Å². The first-order chi connectivity index (χ1) is 9.49. The molecule has 0 N–H and O–H groups in total. The Morgan fingerprint density at radius 1 is 1.20 bits per heavy atom. The lowest BCUT2D eigenvalue weighted by atomic mass is 10.1. The number of esters is 1. The highest BCUT2D eigenvalue weighted by atomic mass is 32.1. The summed E-state index contributed by atoms with van der Waals surface area (Å²) in [7, 11) is 0. The highest BCUT2D eigenvalue weighted by Crippen LogP contribution is 2.22. The van der Waals surface area contributed by atoms with Gasteiger partial charge in [-0.25, -0.2) is 9.78 Å². The van der Waals surface area contributed by atoms with E-state index in [1.807, 2.05) is 6.92 Å². The minimum absolute atomic E-state index is 0.326. The van der Waals surface area contributed by atoms with Crippen molar-refractivity contribution < 1.29 is 9.53 Å². The zero-order valence-corrected chi connectivity index (χ0v) is 13.1. The summed E-state index contributed by atoms with van der Waals surface area (Å²) in [6.45, 7) is 8.27. The lowest BCUT2D eigenvalue weighted by Gasteiger charge is -2.02. The highest BCUT2D eigenvalue weighted by molar-refractivity contribution is 7.11. The van der Waals surface area contributed by atoms with Crippen LogP contribution in [0.5, 0.6) is 0 Å². The Balaban J connectivity index is 2.22. The quantitative estimate of drug-likeness (QED) is 0.803. The van der Waals surface area contributed by atoms with Crippen LogP contribution in [0.2, 0.25) is 0 Å². The van der Waals surface area contributed by atoms with Crippen molar-refractivity contribution in [2.24, 2.45) is 0 Å². The van der Waals surface area contributed by atoms with Crippen LogP contribution >= 0.6 is 11.3 Å². The van der Waals surface area contributed by atoms with Gasteiger partial charge in [0.1, 0.15) is 0 Å². The molecule has 0 radical (unpaired) electrons. The number of benzene rings is 1. The summed E-state index contributed by atoms with van der Waals surface area (Å²) < 4.78 is 5.02. The van der Waals surface area contributed by atoms with E-state index >= 15 is 0 Å². The second kappa shape index (κ2) is 6.18. The first-order valence-corrected chi connectivity index (χ1v) is 7.52. The molecule has 0 aliphatic rings. The summed E-state index contributed by atoms with van der Waals surface area (Å²) in [5, 5.41) is 0.954. The molecule has 0 unspecified atom stereocenters. The van der Waals surface area contributed by atoms with Crippen LogP contribution in [0.4, 0.5) is 0 Å². The average Bonchev–Trinajstić information content (AvgIpc) is 2.69. The van der Waals surface area contributed by atoms with Gasteiger partial charge in [-0.15, -0.1) is 11.3 Å². The van der Waals surface area contributed by atoms with Gasteiger partial charge in [0.15, 0.2) is 5.69 Å². The monoisotopic (exact) mass is 289 g/mol. The van der Waals surface area contributed by atoms with Gasteiger partial charge in [0, 0.05) is 11.3 Å². The van der Waals surface area contributed by atoms with Crippen molar-refractivity contribution >= 4 is 17.3 Å². The van der Waals surface area contributed by atoms with E-state index < -0.39 is 0 Å². The average molecular weight is 289 g/mol. The van der Waals surface area contributed by atoms with E-state index in [0.29, 0.717) is 12.3 Å². The van der Waals surface area contributed by atoms with Crippen LogP contribution in [0, 0.1) is 20.8 Å². The van der Waals surface area contributed by atoms with Crippen molar-refractivity contribution in [3.63, 3.8) is 0 Å². The van der Waals surface area contributed by atoms with E-state index in [-0.39, 0.29) is 5.97 Å². The van der Waals surface area contributed by atoms with Gasteiger partial charge < -0.3 is 4.74 Å². The summed E-state index contributed by atoms with van der Waals surface area (Å²) in [5.41, 5.74) is 4.18. The topological polar surface area (TPSA) is 39.2 Å². The Labute approximate surface area is 123 Å². The molecule has 1 aromatic heterocycles. The molecule has 20 heavy (non-hydrogen) atoms. The Morgan fingerprint density at radius 2 is 1.85 bits per heavy atom. The van der Waals surface area contributed by atoms with Gasteiger partial charge in [0.05, 0.1) is 11.6 Å². The Hall–Kier alpha value is -1.68. The van der Waals surface area contributed by atoms with Gasteiger partial charge >= 0.3 is 5.97 Å². The molecule has 4 heteroatoms. The number of hydrogen-bond acceptors (Lipinski definition) is 4. The molecule has 0 saturated heterocycles. The minimum atomic E-state index is -0.326. The zero-order chi connectivity index (χ0) is 14.7. The second-order valence-corrected chi connectivity index (χ2v) is 6.19. The fraction of sp³-hybridized carbons (Fsp3) is 0.375. The molecule has 2 aromatic rings. The van der Waals surface area contributed by atoms with E-state index in [9.17, 15) is 4.79 Å². The van der Waals surface area contributed by atoms with E-state index in [1.165, 1.54) is 16.7 Å². The first-order valence-electron chi connectivity index (χ1n) is 6.70. The number of nitrogens with zero attached hydrogens (tertiary/aromatic N) is 1. The Bertz CT molecular complexity index is 611. The number of hydrogen-bond donors (Lipinski definition) is 0. The molecule has 2 rings (SSSR count). The number of aryl methyl sites for hydroxylation is 3. The summed E-state index contributed by atoms with van der Waals surface area (Å²) in [6, 6.07) is 6.47. The summed E-state index contributed by atoms with van der Waals surface area (Å²) >= 11 is 1.56. The van der Waals surface area contributed by atoms with Crippen molar-refractivity contribution in [1.29, 1.82) is 0 Å². The van der Waals surface area contributed by atoms with Crippen LogP contribution in [0.25, 0.3) is 0 Å². The number of rotatable bonds is 4. The highest BCUT2D eigenvalue weighted by Gasteiger charge is 2.16. The van der Waals surface area contributed by atoms with Crippen molar-refractivity contribution in [2.45, 2.75) is 34.1 Å². The number of carbonyl (C=O) groups is 1. The van der Waals surface area contributed by atoms with Gasteiger partial charge in [-0.05, 0) is 33.3 Å². The molecule has 0 spiro atoms. The molecule has 0 fully saturated rings. The summed E-state index contributed by atoms with van der Waals surface area (Å²) in [5.74, 6) is -0.326. The third-order valence-corrected chi connectivity index (χ3v) is 3.92. The summed E-state index contributed by atoms with van der Waals surface area (Å²) in [4.78, 5) is 17.1. The van der Waals surface area contributed by atoms with Crippen LogP contribution in [0.15, 0.2) is 18.2 Å². The standard InChI is InChI=1S/C16H19NO2S/c1-5-19-16(18)15-12(4)20-14(17-15)9-13-7-10(2)6-11(3)8-13/h6-8H,5,9H2,1-4H3. The van der Waals surface area contributed by atoms with E-state index in [4.69, 9.17) is 4.74 Å². The molecule has 0 amide bonds. The lowest BCUT2D eigenvalue weighted by Crippen LogP contribution is -2.06. The second-order valence-electron chi connectivity index (χ2n) is 4.91. The smallest absolute Gasteiger partial charge is 0.358 e. The molecule has 0 aliphatic heterocycles. The van der Waals surface area contributed by atoms with Gasteiger partial charge in [-0.1, -0.05) is 29.3 Å². The lowest BCUT2D eigenvalue weighted by molar-refractivity contribution is 0.0519. The van der Waals surface area contributed by atoms with Crippen LogP contribution in [0.1, 0.15) is 44.0 Å². The van der Waals surface area contributed by atoms with Crippen LogP contribution in [-0.2, 0) is 11.2 Å². The summed E-state index contributed by atoms with van der Waals surface area (Å²) in [6.07, 6.45) is 0.757. The molecule has 3 nitrogen and oxygen atoms in total. The largest absolute Gasteiger partial charge is 0.461 e. The molecule has 0 saturated carbocycles. The third kappa shape index (κ3) is 3.45. The van der Waals surface area contributed by atoms with Crippen molar-refractivity contribution in [3.8, 4) is 0 Å². The number of carbonyl (C=O) groups excluding carboxylic acids is 1. The van der Waals surface area contributed by atoms with Crippen molar-refractivity contribution in [3.05, 3.63) is 50.5 Å². The Morgan fingerprint density at radius 3 is 2.45 bits per heavy atom. The number of ether oxygens (including phenoxy) is 1. The van der Waals surface area contributed by atoms with E-state index in [2.05, 4.69) is 37.0 Å². The van der Waals surface area contributed by atoms with Gasteiger partial charge in [0.2, 0.25) is 0 Å². The van der Waals surface area contributed by atoms with Crippen molar-refractivity contribution in [2.75, 3.05) is 6.61 Å². The number of thiazole rings is 1. The maximum absolute atomic E-state index is 11.8. The van der Waals surface area contributed by atoms with Gasteiger partial charge in [-0.2, -0.15) is 0 Å². The predicted molar refractivity (Wildman–Crippen MR) is 81.5 cm³/mol. The predicted octanol–water partition coefficient (Wildman–Crippen LogP) is 3.84. The zero-order valence-electron chi connectivity index (χ0n) is 12.3. The molecule has 0 atom stereocenters. The normalized spacial score (nSPS) is 10.6. The van der Waals surface area contributed by atoms with Crippen LogP contribution in [0.3, 0.4) is 0 Å². The van der Waals surface area contributed by atoms with Crippen molar-refractivity contribution in [1.82, 2.24) is 4.98 Å². The first kappa shape index (κ1) is 14.7. The molecule has 0 bridgehead atoms. The fourth-order valence-electron chi connectivity index (χ4n) is 2.26. The van der Waals surface area contributed by atoms with Crippen LogP contribution in [-0.4, -0.2) is 17.6 Å². The SMILES string of the molecule is CCOC(=O)c1nc(Cc2cc(C)cc(C)c2)sc1C. The molecule has 0 aliphatic carbocycles. The number of aromatic nitrogens is 1. The fourth-order valence-corrected chi connectivity index (χ4v) is 3.22. The third-order valence-electron chi connectivity index (χ3n) is 2.95. The maximum Gasteiger partial charge on any atom is 0.358 e. The minimum Gasteiger partial charge on any atom is -0.461 e.